The van der Waals surface area contributed by atoms with Gasteiger partial charge in [0.1, 0.15) is 6.04 Å². The van der Waals surface area contributed by atoms with Crippen molar-refractivity contribution >= 4 is 32.7 Å². The Morgan fingerprint density at radius 1 is 0.849 bits per heavy atom. The SMILES string of the molecule is Cc1ccc(S(=O)(=O)N[C@H](Cc2ccccc2)C(=O)Nc2cccc(C3O[C@H](Cn4cnc5ccccc54)[C@H](C)[C@H](c4ccc(CO)cc4)O3)c2)cc1. The molecule has 1 unspecified atom stereocenters. The summed E-state index contributed by atoms with van der Waals surface area (Å²) in [7, 11) is -4.01. The maximum atomic E-state index is 13.9. The molecule has 11 heteroatoms. The first-order valence-corrected chi connectivity index (χ1v) is 19.1. The minimum absolute atomic E-state index is 0.0540. The molecule has 0 spiro atoms. The summed E-state index contributed by atoms with van der Waals surface area (Å²) in [5.41, 5.74) is 6.55. The summed E-state index contributed by atoms with van der Waals surface area (Å²) < 4.78 is 45.0. The second-order valence-electron chi connectivity index (χ2n) is 13.5. The molecule has 10 nitrogen and oxygen atoms in total. The first-order valence-electron chi connectivity index (χ1n) is 17.6. The van der Waals surface area contributed by atoms with Gasteiger partial charge in [0.15, 0.2) is 6.29 Å². The first-order chi connectivity index (χ1) is 25.7. The molecule has 0 aliphatic carbocycles. The van der Waals surface area contributed by atoms with Crippen molar-refractivity contribution in [1.29, 1.82) is 0 Å². The van der Waals surface area contributed by atoms with Gasteiger partial charge in [-0.25, -0.2) is 13.4 Å². The Morgan fingerprint density at radius 3 is 2.34 bits per heavy atom. The number of benzene rings is 5. The lowest BCUT2D eigenvalue weighted by atomic mass is 9.90. The standard InChI is InChI=1S/C42H42N4O6S/c1-28-15-21-35(22-16-28)53(49,50)45-37(23-30-9-4-3-5-10-30)41(48)44-34-12-8-11-33(24-34)42-51-39(25-46-27-43-36-13-6-7-14-38(36)46)29(2)40(52-42)32-19-17-31(26-47)18-20-32/h3-22,24,27,29,37,39-40,42,45,47H,23,25-26H2,1-2H3,(H,44,48)/t29-,37+,39+,40+,42?/m0/s1. The molecule has 0 saturated carbocycles. The fourth-order valence-electron chi connectivity index (χ4n) is 6.68. The Balaban J connectivity index is 1.15. The highest BCUT2D eigenvalue weighted by atomic mass is 32.2. The number of anilines is 1. The Kier molecular flexibility index (Phi) is 10.8. The summed E-state index contributed by atoms with van der Waals surface area (Å²) in [5.74, 6) is -0.567. The maximum Gasteiger partial charge on any atom is 0.242 e. The van der Waals surface area contributed by atoms with E-state index >= 15 is 0 Å². The molecule has 0 radical (unpaired) electrons. The number of imidazole rings is 1. The average molecular weight is 731 g/mol. The second-order valence-corrected chi connectivity index (χ2v) is 15.2. The number of nitrogens with zero attached hydrogens (tertiary/aromatic N) is 2. The van der Waals surface area contributed by atoms with Crippen molar-refractivity contribution in [1.82, 2.24) is 14.3 Å². The van der Waals surface area contributed by atoms with Crippen LogP contribution in [-0.4, -0.2) is 41.1 Å². The lowest BCUT2D eigenvalue weighted by Gasteiger charge is -2.41. The van der Waals surface area contributed by atoms with E-state index < -0.39 is 28.3 Å². The summed E-state index contributed by atoms with van der Waals surface area (Å²) in [4.78, 5) is 18.6. The predicted octanol–water partition coefficient (Wildman–Crippen LogP) is 6.86. The van der Waals surface area contributed by atoms with Crippen molar-refractivity contribution in [2.75, 3.05) is 5.32 Å². The van der Waals surface area contributed by atoms with Crippen LogP contribution in [0.2, 0.25) is 0 Å². The van der Waals surface area contributed by atoms with Crippen LogP contribution in [0.5, 0.6) is 0 Å². The zero-order valence-electron chi connectivity index (χ0n) is 29.5. The highest BCUT2D eigenvalue weighted by Crippen LogP contribution is 2.42. The summed E-state index contributed by atoms with van der Waals surface area (Å²) >= 11 is 0. The van der Waals surface area contributed by atoms with E-state index in [9.17, 15) is 18.3 Å². The zero-order chi connectivity index (χ0) is 37.0. The Morgan fingerprint density at radius 2 is 1.58 bits per heavy atom. The van der Waals surface area contributed by atoms with Crippen LogP contribution >= 0.6 is 0 Å². The van der Waals surface area contributed by atoms with E-state index in [2.05, 4.69) is 26.5 Å². The third kappa shape index (κ3) is 8.40. The molecule has 3 N–H and O–H groups in total. The van der Waals surface area contributed by atoms with Crippen LogP contribution in [0.1, 0.15) is 47.1 Å². The number of fused-ring (bicyclic) bond motifs is 1. The molecule has 1 fully saturated rings. The topological polar surface area (TPSA) is 132 Å². The zero-order valence-corrected chi connectivity index (χ0v) is 30.3. The molecule has 5 aromatic carbocycles. The number of carbonyl (C=O) groups is 1. The summed E-state index contributed by atoms with van der Waals surface area (Å²) in [6, 6.07) is 37.6. The fraction of sp³-hybridized carbons (Fsp3) is 0.238. The number of amides is 1. The Labute approximate surface area is 309 Å². The van der Waals surface area contributed by atoms with Gasteiger partial charge in [-0.05, 0) is 66.4 Å². The molecule has 1 aliphatic heterocycles. The van der Waals surface area contributed by atoms with E-state index in [4.69, 9.17) is 9.47 Å². The van der Waals surface area contributed by atoms with Crippen molar-refractivity contribution in [3.05, 3.63) is 162 Å². The molecular weight excluding hydrogens is 689 g/mol. The molecular formula is C42H42N4O6S. The summed E-state index contributed by atoms with van der Waals surface area (Å²) in [6.07, 6.45) is 0.562. The molecule has 0 bridgehead atoms. The van der Waals surface area contributed by atoms with Gasteiger partial charge in [0, 0.05) is 17.2 Å². The smallest absolute Gasteiger partial charge is 0.242 e. The van der Waals surface area contributed by atoms with Crippen LogP contribution < -0.4 is 10.0 Å². The molecule has 2 heterocycles. The fourth-order valence-corrected chi connectivity index (χ4v) is 7.88. The average Bonchev–Trinajstić information content (AvgIpc) is 3.58. The minimum Gasteiger partial charge on any atom is -0.392 e. The monoisotopic (exact) mass is 730 g/mol. The summed E-state index contributed by atoms with van der Waals surface area (Å²) in [6.45, 7) is 4.46. The first kappa shape index (κ1) is 36.2. The van der Waals surface area contributed by atoms with E-state index in [1.807, 2.05) is 104 Å². The second kappa shape index (κ2) is 15.8. The van der Waals surface area contributed by atoms with Gasteiger partial charge in [-0.1, -0.05) is 103 Å². The van der Waals surface area contributed by atoms with E-state index in [-0.39, 0.29) is 36.0 Å². The number of hydrogen-bond acceptors (Lipinski definition) is 7. The number of aliphatic hydroxyl groups excluding tert-OH is 1. The number of aromatic nitrogens is 2. The predicted molar refractivity (Wildman–Crippen MR) is 203 cm³/mol. The number of rotatable bonds is 12. The maximum absolute atomic E-state index is 13.9. The molecule has 1 amide bonds. The van der Waals surface area contributed by atoms with Crippen LogP contribution in [-0.2, 0) is 43.9 Å². The van der Waals surface area contributed by atoms with Crippen molar-refractivity contribution in [3.63, 3.8) is 0 Å². The van der Waals surface area contributed by atoms with Gasteiger partial charge in [0.05, 0.1) is 47.6 Å². The third-order valence-corrected chi connectivity index (χ3v) is 11.2. The lowest BCUT2D eigenvalue weighted by Crippen LogP contribution is -2.45. The molecule has 53 heavy (non-hydrogen) atoms. The van der Waals surface area contributed by atoms with Crippen LogP contribution in [0.25, 0.3) is 11.0 Å². The van der Waals surface area contributed by atoms with Crippen molar-refractivity contribution < 1.29 is 27.8 Å². The quantitative estimate of drug-likeness (QED) is 0.125. The highest BCUT2D eigenvalue weighted by molar-refractivity contribution is 7.89. The van der Waals surface area contributed by atoms with Crippen molar-refractivity contribution in [3.8, 4) is 0 Å². The largest absolute Gasteiger partial charge is 0.392 e. The van der Waals surface area contributed by atoms with Crippen molar-refractivity contribution in [2.45, 2.75) is 62.9 Å². The van der Waals surface area contributed by atoms with Gasteiger partial charge in [-0.3, -0.25) is 4.79 Å². The van der Waals surface area contributed by atoms with Crippen LogP contribution in [0.3, 0.4) is 0 Å². The molecule has 6 aromatic rings. The van der Waals surface area contributed by atoms with Gasteiger partial charge in [0.2, 0.25) is 15.9 Å². The highest BCUT2D eigenvalue weighted by Gasteiger charge is 2.39. The molecule has 7 rings (SSSR count). The molecule has 272 valence electrons. The Bertz CT molecular complexity index is 2280. The lowest BCUT2D eigenvalue weighted by molar-refractivity contribution is -0.276. The van der Waals surface area contributed by atoms with E-state index in [0.29, 0.717) is 17.8 Å². The number of para-hydroxylation sites is 2. The summed E-state index contributed by atoms with van der Waals surface area (Å²) in [5, 5.41) is 12.6. The van der Waals surface area contributed by atoms with Crippen LogP contribution in [0, 0.1) is 12.8 Å². The number of aliphatic hydroxyl groups is 1. The molecule has 5 atom stereocenters. The van der Waals surface area contributed by atoms with Gasteiger partial charge in [-0.15, -0.1) is 0 Å². The number of ether oxygens (including phenoxy) is 2. The van der Waals surface area contributed by atoms with E-state index in [1.54, 1.807) is 24.3 Å². The van der Waals surface area contributed by atoms with Gasteiger partial charge in [-0.2, -0.15) is 4.72 Å². The molecule has 1 aromatic heterocycles. The Hall–Kier alpha value is -5.17. The van der Waals surface area contributed by atoms with Crippen LogP contribution in [0.4, 0.5) is 5.69 Å². The normalized spacial score (nSPS) is 19.5. The minimum atomic E-state index is -4.01. The van der Waals surface area contributed by atoms with Gasteiger partial charge < -0.3 is 24.5 Å². The number of aryl methyl sites for hydroxylation is 1. The number of hydrogen-bond donors (Lipinski definition) is 3. The number of carbonyl (C=O) groups excluding carboxylic acids is 1. The molecule has 1 saturated heterocycles. The van der Waals surface area contributed by atoms with Gasteiger partial charge in [0.25, 0.3) is 0 Å². The van der Waals surface area contributed by atoms with E-state index in [1.165, 1.54) is 12.1 Å². The number of nitrogens with one attached hydrogen (secondary N) is 2. The van der Waals surface area contributed by atoms with Gasteiger partial charge >= 0.3 is 0 Å². The van der Waals surface area contributed by atoms with Crippen molar-refractivity contribution in [2.24, 2.45) is 5.92 Å². The van der Waals surface area contributed by atoms with Crippen LogP contribution in [0.15, 0.2) is 139 Å². The van der Waals surface area contributed by atoms with E-state index in [0.717, 1.165) is 33.3 Å². The third-order valence-electron chi connectivity index (χ3n) is 9.68. The molecule has 1 aliphatic rings. The number of sulfonamides is 1.